The van der Waals surface area contributed by atoms with Crippen LogP contribution in [0.5, 0.6) is 0 Å². The number of tetrazole rings is 1. The second-order valence-corrected chi connectivity index (χ2v) is 8.17. The van der Waals surface area contributed by atoms with E-state index in [4.69, 9.17) is 0 Å². The van der Waals surface area contributed by atoms with Crippen LogP contribution in [0, 0.1) is 6.92 Å². The fourth-order valence-electron chi connectivity index (χ4n) is 3.54. The van der Waals surface area contributed by atoms with Crippen LogP contribution in [0.1, 0.15) is 53.5 Å². The van der Waals surface area contributed by atoms with E-state index in [2.05, 4.69) is 64.6 Å². The number of carbonyl (C=O) groups excluding carboxylic acids is 1. The second kappa shape index (κ2) is 6.33. The van der Waals surface area contributed by atoms with Crippen molar-refractivity contribution in [1.82, 2.24) is 30.5 Å². The monoisotopic (exact) mass is 364 g/mol. The molecule has 1 aliphatic rings. The Kier molecular flexibility index (Phi) is 4.09. The third-order valence-corrected chi connectivity index (χ3v) is 5.20. The highest BCUT2D eigenvalue weighted by atomic mass is 16.2. The van der Waals surface area contributed by atoms with Crippen LogP contribution in [0.2, 0.25) is 0 Å². The van der Waals surface area contributed by atoms with E-state index >= 15 is 0 Å². The van der Waals surface area contributed by atoms with E-state index in [-0.39, 0.29) is 11.3 Å². The molecule has 0 fully saturated rings. The molecule has 27 heavy (non-hydrogen) atoms. The van der Waals surface area contributed by atoms with Gasteiger partial charge in [0.25, 0.3) is 5.91 Å². The van der Waals surface area contributed by atoms with Gasteiger partial charge in [0.2, 0.25) is 5.82 Å². The third-order valence-electron chi connectivity index (χ3n) is 5.20. The van der Waals surface area contributed by atoms with Gasteiger partial charge in [0.05, 0.1) is 11.3 Å². The first-order valence-electron chi connectivity index (χ1n) is 9.18. The van der Waals surface area contributed by atoms with Crippen LogP contribution in [0.15, 0.2) is 24.3 Å². The number of amides is 1. The summed E-state index contributed by atoms with van der Waals surface area (Å²) in [4.78, 5) is 18.2. The number of aryl methyl sites for hydroxylation is 1. The van der Waals surface area contributed by atoms with Gasteiger partial charge < -0.3 is 9.88 Å². The Hall–Kier alpha value is -2.96. The van der Waals surface area contributed by atoms with Gasteiger partial charge in [-0.2, -0.15) is 5.21 Å². The number of benzene rings is 1. The number of aromatic amines is 2. The topological polar surface area (TPSA) is 90.6 Å². The summed E-state index contributed by atoms with van der Waals surface area (Å²) in [6, 6.07) is 8.49. The van der Waals surface area contributed by atoms with Crippen molar-refractivity contribution in [3.8, 4) is 11.5 Å². The summed E-state index contributed by atoms with van der Waals surface area (Å²) < 4.78 is 0. The van der Waals surface area contributed by atoms with E-state index < -0.39 is 0 Å². The molecule has 1 amide bonds. The molecule has 1 aromatic carbocycles. The molecule has 0 atom stereocenters. The molecule has 0 bridgehead atoms. The molecule has 0 unspecified atom stereocenters. The Morgan fingerprint density at radius 1 is 1.19 bits per heavy atom. The SMILES string of the molecule is Cc1[nH]c(-c2nn[nH]n2)cc1C(=O)N1CCc2ccc(C(C)(C)C)cc2C1. The summed E-state index contributed by atoms with van der Waals surface area (Å²) in [5.74, 6) is 0.487. The minimum atomic E-state index is 0.0327. The first kappa shape index (κ1) is 17.5. The van der Waals surface area contributed by atoms with Crippen LogP contribution in [0.4, 0.5) is 0 Å². The predicted octanol–water partition coefficient (Wildman–Crippen LogP) is 3.00. The average Bonchev–Trinajstić information content (AvgIpc) is 3.29. The van der Waals surface area contributed by atoms with Crippen LogP contribution in [0.3, 0.4) is 0 Å². The van der Waals surface area contributed by atoms with E-state index in [0.717, 1.165) is 18.7 Å². The molecule has 0 saturated heterocycles. The van der Waals surface area contributed by atoms with E-state index in [1.165, 1.54) is 16.7 Å². The Bertz CT molecular complexity index is 981. The minimum absolute atomic E-state index is 0.0327. The van der Waals surface area contributed by atoms with Crippen LogP contribution in [0.25, 0.3) is 11.5 Å². The Balaban J connectivity index is 1.60. The number of hydrogen-bond acceptors (Lipinski definition) is 4. The van der Waals surface area contributed by atoms with Crippen LogP contribution >= 0.6 is 0 Å². The molecule has 1 aliphatic heterocycles. The molecule has 4 rings (SSSR count). The smallest absolute Gasteiger partial charge is 0.256 e. The lowest BCUT2D eigenvalue weighted by Gasteiger charge is -2.30. The van der Waals surface area contributed by atoms with Crippen molar-refractivity contribution >= 4 is 5.91 Å². The summed E-state index contributed by atoms with van der Waals surface area (Å²) in [5.41, 5.74) is 6.14. The molecular weight excluding hydrogens is 340 g/mol. The molecule has 140 valence electrons. The lowest BCUT2D eigenvalue weighted by molar-refractivity contribution is 0.0734. The Labute approximate surface area is 158 Å². The first-order chi connectivity index (χ1) is 12.8. The van der Waals surface area contributed by atoms with Crippen molar-refractivity contribution in [2.24, 2.45) is 0 Å². The second-order valence-electron chi connectivity index (χ2n) is 8.17. The van der Waals surface area contributed by atoms with Crippen molar-refractivity contribution in [2.45, 2.75) is 46.1 Å². The molecule has 0 aliphatic carbocycles. The maximum absolute atomic E-state index is 13.1. The predicted molar refractivity (Wildman–Crippen MR) is 102 cm³/mol. The summed E-state index contributed by atoms with van der Waals surface area (Å²) in [7, 11) is 0. The molecule has 3 heterocycles. The summed E-state index contributed by atoms with van der Waals surface area (Å²) in [6.07, 6.45) is 0.882. The molecule has 3 aromatic rings. The number of H-pyrrole nitrogens is 2. The number of fused-ring (bicyclic) bond motifs is 1. The highest BCUT2D eigenvalue weighted by Gasteiger charge is 2.26. The average molecular weight is 364 g/mol. The first-order valence-corrected chi connectivity index (χ1v) is 9.18. The third kappa shape index (κ3) is 3.25. The van der Waals surface area contributed by atoms with Crippen molar-refractivity contribution < 1.29 is 4.79 Å². The molecule has 2 N–H and O–H groups in total. The fraction of sp³-hybridized carbons (Fsp3) is 0.400. The lowest BCUT2D eigenvalue weighted by Crippen LogP contribution is -2.36. The number of nitrogens with one attached hydrogen (secondary N) is 2. The van der Waals surface area contributed by atoms with Crippen molar-refractivity contribution in [2.75, 3.05) is 6.54 Å². The summed E-state index contributed by atoms with van der Waals surface area (Å²) in [6.45, 7) is 9.89. The largest absolute Gasteiger partial charge is 0.355 e. The molecule has 0 spiro atoms. The molecule has 7 heteroatoms. The zero-order valence-electron chi connectivity index (χ0n) is 16.1. The van der Waals surface area contributed by atoms with Crippen LogP contribution in [-0.4, -0.2) is 43.0 Å². The van der Waals surface area contributed by atoms with Crippen molar-refractivity contribution in [3.05, 3.63) is 52.2 Å². The minimum Gasteiger partial charge on any atom is -0.355 e. The summed E-state index contributed by atoms with van der Waals surface area (Å²) >= 11 is 0. The molecular formula is C20H24N6O. The maximum atomic E-state index is 13.1. The molecule has 2 aromatic heterocycles. The van der Waals surface area contributed by atoms with Gasteiger partial charge in [-0.25, -0.2) is 0 Å². The number of carbonyl (C=O) groups is 1. The summed E-state index contributed by atoms with van der Waals surface area (Å²) in [5, 5.41) is 13.9. The molecule has 7 nitrogen and oxygen atoms in total. The van der Waals surface area contributed by atoms with Gasteiger partial charge in [-0.1, -0.05) is 39.0 Å². The maximum Gasteiger partial charge on any atom is 0.256 e. The molecule has 0 saturated carbocycles. The van der Waals surface area contributed by atoms with Gasteiger partial charge in [-0.05, 0) is 46.7 Å². The van der Waals surface area contributed by atoms with Crippen molar-refractivity contribution in [3.63, 3.8) is 0 Å². The Morgan fingerprint density at radius 3 is 2.70 bits per heavy atom. The lowest BCUT2D eigenvalue weighted by atomic mass is 9.84. The van der Waals surface area contributed by atoms with Gasteiger partial charge in [0.15, 0.2) is 0 Å². The van der Waals surface area contributed by atoms with E-state index in [9.17, 15) is 4.79 Å². The van der Waals surface area contributed by atoms with Crippen LogP contribution < -0.4 is 0 Å². The quantitative estimate of drug-likeness (QED) is 0.731. The Morgan fingerprint density at radius 2 is 2.00 bits per heavy atom. The standard InChI is InChI=1S/C20H24N6O/c1-12-16(10-17(21-12)18-22-24-25-23-18)19(27)26-8-7-13-5-6-15(20(2,3)4)9-14(13)11-26/h5-6,9-10,21H,7-8,11H2,1-4H3,(H,22,23,24,25). The van der Waals surface area contributed by atoms with Gasteiger partial charge in [0.1, 0.15) is 0 Å². The van der Waals surface area contributed by atoms with Gasteiger partial charge in [0, 0.05) is 18.8 Å². The highest BCUT2D eigenvalue weighted by Crippen LogP contribution is 2.29. The zero-order chi connectivity index (χ0) is 19.2. The highest BCUT2D eigenvalue weighted by molar-refractivity contribution is 5.96. The number of aromatic nitrogens is 5. The van der Waals surface area contributed by atoms with E-state index in [1.54, 1.807) is 0 Å². The zero-order valence-corrected chi connectivity index (χ0v) is 16.1. The van der Waals surface area contributed by atoms with E-state index in [1.807, 2.05) is 17.9 Å². The van der Waals surface area contributed by atoms with Gasteiger partial charge in [-0.15, -0.1) is 10.2 Å². The van der Waals surface area contributed by atoms with Crippen LogP contribution in [-0.2, 0) is 18.4 Å². The number of nitrogens with zero attached hydrogens (tertiary/aromatic N) is 4. The normalized spacial score (nSPS) is 14.3. The van der Waals surface area contributed by atoms with E-state index in [0.29, 0.717) is 23.6 Å². The van der Waals surface area contributed by atoms with Gasteiger partial charge >= 0.3 is 0 Å². The van der Waals surface area contributed by atoms with Crippen molar-refractivity contribution in [1.29, 1.82) is 0 Å². The fourth-order valence-corrected chi connectivity index (χ4v) is 3.54. The van der Waals surface area contributed by atoms with Gasteiger partial charge in [-0.3, -0.25) is 4.79 Å². The number of rotatable bonds is 2. The molecule has 0 radical (unpaired) electrons. The number of hydrogen-bond donors (Lipinski definition) is 2.